The second-order valence-electron chi connectivity index (χ2n) is 4.14. The molecule has 0 aliphatic rings. The molecular weight excluding hydrogens is 282 g/mol. The summed E-state index contributed by atoms with van der Waals surface area (Å²) in [4.78, 5) is 11.6. The van der Waals surface area contributed by atoms with Crippen LogP contribution in [-0.4, -0.2) is 27.5 Å². The first-order valence-corrected chi connectivity index (χ1v) is 7.73. The lowest BCUT2D eigenvalue weighted by molar-refractivity contribution is -0.117. The molecule has 1 aromatic carbocycles. The van der Waals surface area contributed by atoms with Crippen LogP contribution in [0, 0.1) is 0 Å². The van der Waals surface area contributed by atoms with E-state index in [1.807, 2.05) is 6.92 Å². The summed E-state index contributed by atoms with van der Waals surface area (Å²) in [5, 5.41) is 7.52. The van der Waals surface area contributed by atoms with E-state index in [1.54, 1.807) is 12.1 Å². The number of hydrogen-bond donors (Lipinski definition) is 3. The van der Waals surface area contributed by atoms with Gasteiger partial charge in [-0.1, -0.05) is 13.0 Å². The maximum Gasteiger partial charge on any atom is 0.296 e. The molecule has 0 bridgehead atoms. The van der Waals surface area contributed by atoms with E-state index in [0.717, 1.165) is 6.42 Å². The van der Waals surface area contributed by atoms with Gasteiger partial charge in [-0.05, 0) is 24.6 Å². The van der Waals surface area contributed by atoms with Crippen LogP contribution < -0.4 is 15.2 Å². The molecule has 0 unspecified atom stereocenters. The molecule has 1 aromatic rings. The lowest BCUT2D eigenvalue weighted by atomic mass is 10.3. The number of nitrogens with two attached hydrogens (primary N) is 1. The van der Waals surface area contributed by atoms with Crippen LogP contribution in [0.2, 0.25) is 0 Å². The van der Waals surface area contributed by atoms with E-state index in [1.165, 1.54) is 12.1 Å². The molecule has 8 heteroatoms. The standard InChI is InChI=1S/C12H19N3O4S/c1-2-7-19-8-6-12(16)14-10-4-3-5-11(9-10)15-20(13,17)18/h3-5,9,15H,2,6-8H2,1H3,(H,14,16)(H2,13,17,18). The van der Waals surface area contributed by atoms with Gasteiger partial charge in [0.15, 0.2) is 0 Å². The lowest BCUT2D eigenvalue weighted by Crippen LogP contribution is -2.21. The van der Waals surface area contributed by atoms with E-state index in [4.69, 9.17) is 9.88 Å². The molecule has 20 heavy (non-hydrogen) atoms. The number of ether oxygens (including phenoxy) is 1. The van der Waals surface area contributed by atoms with E-state index in [-0.39, 0.29) is 18.0 Å². The molecule has 0 saturated carbocycles. The Morgan fingerprint density at radius 1 is 1.30 bits per heavy atom. The van der Waals surface area contributed by atoms with Crippen molar-refractivity contribution in [3.8, 4) is 0 Å². The monoisotopic (exact) mass is 301 g/mol. The predicted molar refractivity (Wildman–Crippen MR) is 77.5 cm³/mol. The van der Waals surface area contributed by atoms with Crippen molar-refractivity contribution in [1.82, 2.24) is 0 Å². The van der Waals surface area contributed by atoms with Gasteiger partial charge in [0.1, 0.15) is 0 Å². The quantitative estimate of drug-likeness (QED) is 0.623. The highest BCUT2D eigenvalue weighted by molar-refractivity contribution is 7.90. The molecule has 0 saturated heterocycles. The zero-order valence-electron chi connectivity index (χ0n) is 11.3. The Labute approximate surface area is 118 Å². The maximum atomic E-state index is 11.6. The number of carbonyl (C=O) groups excluding carboxylic acids is 1. The maximum absolute atomic E-state index is 11.6. The van der Waals surface area contributed by atoms with E-state index >= 15 is 0 Å². The molecule has 0 spiro atoms. The average molecular weight is 301 g/mol. The molecule has 0 heterocycles. The molecule has 1 amide bonds. The fourth-order valence-corrected chi connectivity index (χ4v) is 1.91. The highest BCUT2D eigenvalue weighted by atomic mass is 32.2. The van der Waals surface area contributed by atoms with Crippen molar-refractivity contribution in [2.75, 3.05) is 23.3 Å². The minimum Gasteiger partial charge on any atom is -0.381 e. The Balaban J connectivity index is 2.51. The van der Waals surface area contributed by atoms with Crippen molar-refractivity contribution in [1.29, 1.82) is 0 Å². The van der Waals surface area contributed by atoms with Gasteiger partial charge in [0.25, 0.3) is 10.2 Å². The number of anilines is 2. The summed E-state index contributed by atoms with van der Waals surface area (Å²) in [7, 11) is -3.83. The molecular formula is C12H19N3O4S. The fraction of sp³-hybridized carbons (Fsp3) is 0.417. The van der Waals surface area contributed by atoms with E-state index in [2.05, 4.69) is 10.0 Å². The van der Waals surface area contributed by atoms with Crippen molar-refractivity contribution in [3.63, 3.8) is 0 Å². The summed E-state index contributed by atoms with van der Waals surface area (Å²) in [6.45, 7) is 2.97. The van der Waals surface area contributed by atoms with Crippen LogP contribution >= 0.6 is 0 Å². The number of rotatable bonds is 8. The van der Waals surface area contributed by atoms with Crippen molar-refractivity contribution in [3.05, 3.63) is 24.3 Å². The van der Waals surface area contributed by atoms with Gasteiger partial charge in [0, 0.05) is 12.3 Å². The molecule has 0 aliphatic carbocycles. The first-order valence-electron chi connectivity index (χ1n) is 6.19. The van der Waals surface area contributed by atoms with Gasteiger partial charge < -0.3 is 10.1 Å². The highest BCUT2D eigenvalue weighted by Gasteiger charge is 2.05. The summed E-state index contributed by atoms with van der Waals surface area (Å²) >= 11 is 0. The largest absolute Gasteiger partial charge is 0.381 e. The van der Waals surface area contributed by atoms with Crippen LogP contribution in [0.15, 0.2) is 24.3 Å². The number of amides is 1. The zero-order valence-corrected chi connectivity index (χ0v) is 12.1. The molecule has 0 fully saturated rings. The molecule has 0 aromatic heterocycles. The Hall–Kier alpha value is -1.64. The van der Waals surface area contributed by atoms with Crippen LogP contribution in [0.1, 0.15) is 19.8 Å². The third-order valence-corrected chi connectivity index (χ3v) is 2.75. The minimum atomic E-state index is -3.83. The van der Waals surface area contributed by atoms with Gasteiger partial charge in [-0.2, -0.15) is 8.42 Å². The Kier molecular flexibility index (Phi) is 6.43. The lowest BCUT2D eigenvalue weighted by Gasteiger charge is -2.08. The fourth-order valence-electron chi connectivity index (χ4n) is 1.46. The Morgan fingerprint density at radius 3 is 2.65 bits per heavy atom. The second-order valence-corrected chi connectivity index (χ2v) is 5.43. The Bertz CT molecular complexity index is 545. The second kappa shape index (κ2) is 7.83. The normalized spacial score (nSPS) is 11.1. The van der Waals surface area contributed by atoms with Crippen LogP contribution in [-0.2, 0) is 19.7 Å². The molecule has 112 valence electrons. The van der Waals surface area contributed by atoms with Crippen molar-refractivity contribution < 1.29 is 17.9 Å². The predicted octanol–water partition coefficient (Wildman–Crippen LogP) is 1.06. The van der Waals surface area contributed by atoms with E-state index in [9.17, 15) is 13.2 Å². The molecule has 4 N–H and O–H groups in total. The van der Waals surface area contributed by atoms with Crippen LogP contribution in [0.5, 0.6) is 0 Å². The van der Waals surface area contributed by atoms with Gasteiger partial charge in [-0.25, -0.2) is 5.14 Å². The van der Waals surface area contributed by atoms with Gasteiger partial charge in [0.05, 0.1) is 18.7 Å². The van der Waals surface area contributed by atoms with Crippen molar-refractivity contribution in [2.45, 2.75) is 19.8 Å². The zero-order chi connectivity index (χ0) is 15.0. The van der Waals surface area contributed by atoms with Gasteiger partial charge in [-0.15, -0.1) is 0 Å². The van der Waals surface area contributed by atoms with Crippen LogP contribution in [0.3, 0.4) is 0 Å². The van der Waals surface area contributed by atoms with E-state index < -0.39 is 10.2 Å². The van der Waals surface area contributed by atoms with Gasteiger partial charge in [0.2, 0.25) is 5.91 Å². The number of hydrogen-bond acceptors (Lipinski definition) is 4. The van der Waals surface area contributed by atoms with Gasteiger partial charge >= 0.3 is 0 Å². The van der Waals surface area contributed by atoms with Crippen molar-refractivity contribution >= 4 is 27.5 Å². The molecule has 0 aliphatic heterocycles. The third kappa shape index (κ3) is 7.07. The number of carbonyl (C=O) groups is 1. The smallest absolute Gasteiger partial charge is 0.296 e. The van der Waals surface area contributed by atoms with Crippen molar-refractivity contribution in [2.24, 2.45) is 5.14 Å². The number of benzene rings is 1. The number of nitrogens with one attached hydrogen (secondary N) is 2. The first kappa shape index (κ1) is 16.4. The first-order chi connectivity index (χ1) is 9.40. The summed E-state index contributed by atoms with van der Waals surface area (Å²) in [6, 6.07) is 6.27. The SMILES string of the molecule is CCCOCCC(=O)Nc1cccc(NS(N)(=O)=O)c1. The highest BCUT2D eigenvalue weighted by Crippen LogP contribution is 2.15. The topological polar surface area (TPSA) is 111 Å². The average Bonchev–Trinajstić information content (AvgIpc) is 2.33. The molecule has 7 nitrogen and oxygen atoms in total. The summed E-state index contributed by atoms with van der Waals surface area (Å²) < 4.78 is 29.1. The van der Waals surface area contributed by atoms with Crippen LogP contribution in [0.25, 0.3) is 0 Å². The summed E-state index contributed by atoms with van der Waals surface area (Å²) in [5.74, 6) is -0.200. The Morgan fingerprint density at radius 2 is 2.00 bits per heavy atom. The molecule has 0 atom stereocenters. The summed E-state index contributed by atoms with van der Waals surface area (Å²) in [5.41, 5.74) is 0.770. The summed E-state index contributed by atoms with van der Waals surface area (Å²) in [6.07, 6.45) is 1.15. The van der Waals surface area contributed by atoms with Crippen LogP contribution in [0.4, 0.5) is 11.4 Å². The molecule has 1 rings (SSSR count). The minimum absolute atomic E-state index is 0.200. The third-order valence-electron chi connectivity index (χ3n) is 2.23. The van der Waals surface area contributed by atoms with Gasteiger partial charge in [-0.3, -0.25) is 9.52 Å². The molecule has 0 radical (unpaired) electrons. The van der Waals surface area contributed by atoms with E-state index in [0.29, 0.717) is 18.9 Å².